The molecule has 0 bridgehead atoms. The molecule has 134 valence electrons. The van der Waals surface area contributed by atoms with Crippen LogP contribution in [0.2, 0.25) is 0 Å². The van der Waals surface area contributed by atoms with Crippen molar-refractivity contribution >= 4 is 16.9 Å². The van der Waals surface area contributed by atoms with Crippen LogP contribution in [-0.4, -0.2) is 15.5 Å². The molecule has 1 atom stereocenters. The first kappa shape index (κ1) is 17.0. The number of benzene rings is 3. The van der Waals surface area contributed by atoms with Gasteiger partial charge in [-0.2, -0.15) is 0 Å². The van der Waals surface area contributed by atoms with E-state index in [9.17, 15) is 4.79 Å². The summed E-state index contributed by atoms with van der Waals surface area (Å²) < 4.78 is 2.06. The largest absolute Gasteiger partial charge is 0.342 e. The molecule has 0 spiro atoms. The highest BCUT2D eigenvalue weighted by molar-refractivity contribution is 5.94. The summed E-state index contributed by atoms with van der Waals surface area (Å²) in [6, 6.07) is 27.3. The van der Waals surface area contributed by atoms with Crippen LogP contribution < -0.4 is 5.32 Å². The lowest BCUT2D eigenvalue weighted by atomic mass is 10.0. The van der Waals surface area contributed by atoms with Crippen LogP contribution in [0, 0.1) is 0 Å². The number of imidazole rings is 1. The Kier molecular flexibility index (Phi) is 4.71. The number of nitrogens with one attached hydrogen (secondary N) is 1. The monoisotopic (exact) mass is 355 g/mol. The van der Waals surface area contributed by atoms with Gasteiger partial charge in [0.1, 0.15) is 5.82 Å². The Morgan fingerprint density at radius 3 is 2.26 bits per heavy atom. The predicted octanol–water partition coefficient (Wildman–Crippen LogP) is 4.29. The van der Waals surface area contributed by atoms with Crippen LogP contribution in [-0.2, 0) is 13.5 Å². The summed E-state index contributed by atoms with van der Waals surface area (Å²) in [5.74, 6) is 0.757. The van der Waals surface area contributed by atoms with Crippen LogP contribution in [0.1, 0.15) is 27.8 Å². The van der Waals surface area contributed by atoms with Crippen molar-refractivity contribution < 1.29 is 4.79 Å². The van der Waals surface area contributed by atoms with Crippen LogP contribution in [0.4, 0.5) is 0 Å². The lowest BCUT2D eigenvalue weighted by molar-refractivity contribution is 0.0934. The highest BCUT2D eigenvalue weighted by atomic mass is 16.1. The number of para-hydroxylation sites is 2. The van der Waals surface area contributed by atoms with E-state index in [4.69, 9.17) is 4.98 Å². The Hall–Kier alpha value is -3.40. The van der Waals surface area contributed by atoms with Crippen molar-refractivity contribution in [3.05, 3.63) is 102 Å². The maximum Gasteiger partial charge on any atom is 0.251 e. The molecule has 0 saturated carbocycles. The lowest BCUT2D eigenvalue weighted by Gasteiger charge is -2.19. The second kappa shape index (κ2) is 7.46. The number of hydrogen-bond donors (Lipinski definition) is 1. The summed E-state index contributed by atoms with van der Waals surface area (Å²) >= 11 is 0. The molecule has 3 aromatic carbocycles. The highest BCUT2D eigenvalue weighted by Gasteiger charge is 2.22. The fraction of sp³-hybridized carbons (Fsp3) is 0.130. The number of hydrogen-bond acceptors (Lipinski definition) is 2. The van der Waals surface area contributed by atoms with Crippen molar-refractivity contribution in [2.24, 2.45) is 7.05 Å². The number of carbonyl (C=O) groups excluding carboxylic acids is 1. The van der Waals surface area contributed by atoms with E-state index in [1.165, 1.54) is 0 Å². The Morgan fingerprint density at radius 1 is 0.926 bits per heavy atom. The quantitative estimate of drug-likeness (QED) is 0.581. The number of rotatable bonds is 5. The Balaban J connectivity index is 1.71. The average molecular weight is 355 g/mol. The molecule has 1 aromatic heterocycles. The van der Waals surface area contributed by atoms with Crippen molar-refractivity contribution in [2.75, 3.05) is 0 Å². The second-order valence-corrected chi connectivity index (χ2v) is 6.60. The normalized spacial score (nSPS) is 12.0. The van der Waals surface area contributed by atoms with Crippen LogP contribution in [0.5, 0.6) is 0 Å². The summed E-state index contributed by atoms with van der Waals surface area (Å²) in [6.45, 7) is 0. The molecule has 4 aromatic rings. The second-order valence-electron chi connectivity index (χ2n) is 6.60. The number of carbonyl (C=O) groups is 1. The van der Waals surface area contributed by atoms with Crippen molar-refractivity contribution in [1.29, 1.82) is 0 Å². The minimum atomic E-state index is -0.225. The molecule has 0 fully saturated rings. The summed E-state index contributed by atoms with van der Waals surface area (Å²) in [6.07, 6.45) is 0.677. The molecule has 4 nitrogen and oxygen atoms in total. The minimum Gasteiger partial charge on any atom is -0.342 e. The van der Waals surface area contributed by atoms with Gasteiger partial charge in [0.25, 0.3) is 5.91 Å². The fourth-order valence-electron chi connectivity index (χ4n) is 3.36. The maximum absolute atomic E-state index is 12.8. The number of aryl methyl sites for hydroxylation is 1. The van der Waals surface area contributed by atoms with Gasteiger partial charge in [-0.15, -0.1) is 0 Å². The number of aromatic nitrogens is 2. The van der Waals surface area contributed by atoms with Gasteiger partial charge in [-0.25, -0.2) is 4.98 Å². The highest BCUT2D eigenvalue weighted by Crippen LogP contribution is 2.23. The van der Waals surface area contributed by atoms with Gasteiger partial charge in [0, 0.05) is 12.6 Å². The number of amides is 1. The summed E-state index contributed by atoms with van der Waals surface area (Å²) in [7, 11) is 2.00. The minimum absolute atomic E-state index is 0.0939. The van der Waals surface area contributed by atoms with Gasteiger partial charge in [-0.1, -0.05) is 60.7 Å². The van der Waals surface area contributed by atoms with Crippen LogP contribution in [0.25, 0.3) is 11.0 Å². The van der Waals surface area contributed by atoms with Gasteiger partial charge < -0.3 is 9.88 Å². The van der Waals surface area contributed by atoms with Gasteiger partial charge in [0.15, 0.2) is 0 Å². The van der Waals surface area contributed by atoms with E-state index < -0.39 is 0 Å². The third kappa shape index (κ3) is 3.60. The van der Waals surface area contributed by atoms with Crippen LogP contribution in [0.3, 0.4) is 0 Å². The van der Waals surface area contributed by atoms with E-state index in [2.05, 4.69) is 22.0 Å². The van der Waals surface area contributed by atoms with E-state index >= 15 is 0 Å². The fourth-order valence-corrected chi connectivity index (χ4v) is 3.36. The molecule has 0 saturated heterocycles. The molecule has 27 heavy (non-hydrogen) atoms. The third-order valence-corrected chi connectivity index (χ3v) is 4.76. The van der Waals surface area contributed by atoms with Gasteiger partial charge in [0.05, 0.1) is 17.1 Å². The summed E-state index contributed by atoms with van der Waals surface area (Å²) in [5, 5.41) is 3.18. The SMILES string of the molecule is Cn1c([C@@H](Cc2ccccc2)NC(=O)c2ccccc2)nc2ccccc21. The Bertz CT molecular complexity index is 1050. The lowest BCUT2D eigenvalue weighted by Crippen LogP contribution is -2.31. The molecule has 1 amide bonds. The molecule has 1 heterocycles. The van der Waals surface area contributed by atoms with Crippen LogP contribution in [0.15, 0.2) is 84.9 Å². The summed E-state index contributed by atoms with van der Waals surface area (Å²) in [5.41, 5.74) is 3.79. The zero-order valence-electron chi connectivity index (χ0n) is 15.2. The average Bonchev–Trinajstić information content (AvgIpc) is 3.06. The van der Waals surface area contributed by atoms with Gasteiger partial charge in [-0.05, 0) is 36.2 Å². The molecule has 4 heteroatoms. The number of nitrogens with zero attached hydrogens (tertiary/aromatic N) is 2. The first-order valence-electron chi connectivity index (χ1n) is 9.03. The molecule has 1 N–H and O–H groups in total. The van der Waals surface area contributed by atoms with Crippen molar-refractivity contribution in [3.63, 3.8) is 0 Å². The Morgan fingerprint density at radius 2 is 1.56 bits per heavy atom. The van der Waals surface area contributed by atoms with Crippen molar-refractivity contribution in [2.45, 2.75) is 12.5 Å². The standard InChI is InChI=1S/C23H21N3O/c1-26-21-15-9-8-14-19(21)24-22(26)20(16-17-10-4-2-5-11-17)25-23(27)18-12-6-3-7-13-18/h2-15,20H,16H2,1H3,(H,25,27)/t20-/m1/s1. The van der Waals surface area contributed by atoms with E-state index in [1.807, 2.05) is 79.8 Å². The molecule has 4 rings (SSSR count). The smallest absolute Gasteiger partial charge is 0.251 e. The first-order chi connectivity index (χ1) is 13.2. The summed E-state index contributed by atoms with van der Waals surface area (Å²) in [4.78, 5) is 17.6. The maximum atomic E-state index is 12.8. The molecule has 0 unspecified atom stereocenters. The molecule has 0 radical (unpaired) electrons. The van der Waals surface area contributed by atoms with E-state index in [0.29, 0.717) is 12.0 Å². The topological polar surface area (TPSA) is 46.9 Å². The molecule has 0 aliphatic heterocycles. The van der Waals surface area contributed by atoms with Gasteiger partial charge in [-0.3, -0.25) is 4.79 Å². The van der Waals surface area contributed by atoms with E-state index in [1.54, 1.807) is 0 Å². The van der Waals surface area contributed by atoms with Crippen molar-refractivity contribution in [1.82, 2.24) is 14.9 Å². The molecule has 0 aliphatic carbocycles. The van der Waals surface area contributed by atoms with Crippen LogP contribution >= 0.6 is 0 Å². The molecular formula is C23H21N3O. The molecular weight excluding hydrogens is 334 g/mol. The Labute approximate surface area is 158 Å². The van der Waals surface area contributed by atoms with Crippen molar-refractivity contribution in [3.8, 4) is 0 Å². The van der Waals surface area contributed by atoms with Gasteiger partial charge >= 0.3 is 0 Å². The van der Waals surface area contributed by atoms with E-state index in [0.717, 1.165) is 22.4 Å². The predicted molar refractivity (Wildman–Crippen MR) is 108 cm³/mol. The zero-order valence-corrected chi connectivity index (χ0v) is 15.2. The third-order valence-electron chi connectivity index (χ3n) is 4.76. The number of fused-ring (bicyclic) bond motifs is 1. The first-order valence-corrected chi connectivity index (χ1v) is 9.03. The van der Waals surface area contributed by atoms with E-state index in [-0.39, 0.29) is 11.9 Å². The molecule has 0 aliphatic rings. The zero-order chi connectivity index (χ0) is 18.6. The van der Waals surface area contributed by atoms with Gasteiger partial charge in [0.2, 0.25) is 0 Å².